The highest BCUT2D eigenvalue weighted by molar-refractivity contribution is 5.82. The van der Waals surface area contributed by atoms with E-state index >= 15 is 0 Å². The van der Waals surface area contributed by atoms with E-state index < -0.39 is 0 Å². The third kappa shape index (κ3) is 3.32. The molecule has 2 N–H and O–H groups in total. The molecule has 0 bridgehead atoms. The van der Waals surface area contributed by atoms with Crippen molar-refractivity contribution < 1.29 is 4.79 Å². The number of rotatable bonds is 5. The summed E-state index contributed by atoms with van der Waals surface area (Å²) in [5.74, 6) is 0.104. The zero-order valence-corrected chi connectivity index (χ0v) is 11.6. The first-order valence-electron chi connectivity index (χ1n) is 7.20. The van der Waals surface area contributed by atoms with Crippen molar-refractivity contribution in [2.45, 2.75) is 51.1 Å². The summed E-state index contributed by atoms with van der Waals surface area (Å²) in [6, 6.07) is 3.83. The van der Waals surface area contributed by atoms with E-state index in [1.807, 2.05) is 17.0 Å². The van der Waals surface area contributed by atoms with Crippen LogP contribution >= 0.6 is 0 Å². The maximum Gasteiger partial charge on any atom is 0.239 e. The lowest BCUT2D eigenvalue weighted by Gasteiger charge is -2.27. The molecule has 0 saturated carbocycles. The van der Waals surface area contributed by atoms with Crippen molar-refractivity contribution in [3.8, 4) is 0 Å². The number of unbranched alkanes of at least 4 members (excludes halogenated alkanes) is 1. The molecule has 1 aliphatic heterocycles. The van der Waals surface area contributed by atoms with E-state index in [2.05, 4.69) is 11.9 Å². The maximum atomic E-state index is 12.4. The first-order valence-corrected chi connectivity index (χ1v) is 7.20. The van der Waals surface area contributed by atoms with Crippen LogP contribution in [0.3, 0.4) is 0 Å². The van der Waals surface area contributed by atoms with E-state index in [0.717, 1.165) is 38.6 Å². The molecular formula is C15H23N3O. The SMILES string of the molecule is CCCCC(N)C(=O)N1CCCC1c1ccncc1. The van der Waals surface area contributed by atoms with Gasteiger partial charge < -0.3 is 10.6 Å². The second kappa shape index (κ2) is 6.66. The number of pyridine rings is 1. The Labute approximate surface area is 115 Å². The van der Waals surface area contributed by atoms with E-state index in [0.29, 0.717) is 0 Å². The van der Waals surface area contributed by atoms with Gasteiger partial charge in [0.05, 0.1) is 12.1 Å². The van der Waals surface area contributed by atoms with Crippen LogP contribution in [0.25, 0.3) is 0 Å². The standard InChI is InChI=1S/C15H23N3O/c1-2-3-5-13(16)15(19)18-11-4-6-14(18)12-7-9-17-10-8-12/h7-10,13-14H,2-6,11,16H2,1H3. The van der Waals surface area contributed by atoms with Crippen LogP contribution < -0.4 is 5.73 Å². The fourth-order valence-electron chi connectivity index (χ4n) is 2.72. The number of nitrogens with zero attached hydrogens (tertiary/aromatic N) is 2. The Morgan fingerprint density at radius 3 is 2.95 bits per heavy atom. The van der Waals surface area contributed by atoms with Gasteiger partial charge in [-0.1, -0.05) is 19.8 Å². The summed E-state index contributed by atoms with van der Waals surface area (Å²) < 4.78 is 0. The summed E-state index contributed by atoms with van der Waals surface area (Å²) in [7, 11) is 0. The molecule has 1 aliphatic rings. The van der Waals surface area contributed by atoms with Gasteiger partial charge in [0.15, 0.2) is 0 Å². The Kier molecular flexibility index (Phi) is 4.91. The molecule has 1 aromatic heterocycles. The zero-order chi connectivity index (χ0) is 13.7. The fraction of sp³-hybridized carbons (Fsp3) is 0.600. The Morgan fingerprint density at radius 1 is 1.53 bits per heavy atom. The first kappa shape index (κ1) is 14.0. The van der Waals surface area contributed by atoms with Crippen LogP contribution in [0.4, 0.5) is 0 Å². The molecule has 4 heteroatoms. The minimum absolute atomic E-state index is 0.104. The van der Waals surface area contributed by atoms with Crippen molar-refractivity contribution in [1.82, 2.24) is 9.88 Å². The Morgan fingerprint density at radius 2 is 2.26 bits per heavy atom. The number of amides is 1. The molecule has 4 nitrogen and oxygen atoms in total. The minimum Gasteiger partial charge on any atom is -0.334 e. The van der Waals surface area contributed by atoms with Crippen LogP contribution in [0.2, 0.25) is 0 Å². The second-order valence-corrected chi connectivity index (χ2v) is 5.22. The lowest BCUT2D eigenvalue weighted by atomic mass is 10.0. The van der Waals surface area contributed by atoms with Gasteiger partial charge in [0.2, 0.25) is 5.91 Å². The molecule has 1 amide bonds. The van der Waals surface area contributed by atoms with E-state index in [1.54, 1.807) is 12.4 Å². The Hall–Kier alpha value is -1.42. The normalized spacial score (nSPS) is 20.5. The lowest BCUT2D eigenvalue weighted by Crippen LogP contribution is -2.43. The van der Waals surface area contributed by atoms with Crippen molar-refractivity contribution >= 4 is 5.91 Å². The third-order valence-electron chi connectivity index (χ3n) is 3.81. The molecule has 1 saturated heterocycles. The number of carbonyl (C=O) groups excluding carboxylic acids is 1. The van der Waals surface area contributed by atoms with Crippen LogP contribution in [0.1, 0.15) is 50.6 Å². The molecule has 104 valence electrons. The van der Waals surface area contributed by atoms with Crippen LogP contribution in [0, 0.1) is 0 Å². The van der Waals surface area contributed by atoms with Gasteiger partial charge in [-0.05, 0) is 37.0 Å². The Balaban J connectivity index is 2.04. The molecule has 0 aromatic carbocycles. The lowest BCUT2D eigenvalue weighted by molar-refractivity contribution is -0.133. The topological polar surface area (TPSA) is 59.2 Å². The predicted molar refractivity (Wildman–Crippen MR) is 75.4 cm³/mol. The highest BCUT2D eigenvalue weighted by Gasteiger charge is 2.32. The third-order valence-corrected chi connectivity index (χ3v) is 3.81. The van der Waals surface area contributed by atoms with Gasteiger partial charge in [0.25, 0.3) is 0 Å². The largest absolute Gasteiger partial charge is 0.334 e. The van der Waals surface area contributed by atoms with E-state index in [-0.39, 0.29) is 18.0 Å². The maximum absolute atomic E-state index is 12.4. The van der Waals surface area contributed by atoms with Gasteiger partial charge in [-0.25, -0.2) is 0 Å². The monoisotopic (exact) mass is 261 g/mol. The van der Waals surface area contributed by atoms with Crippen LogP contribution in [-0.4, -0.2) is 28.4 Å². The van der Waals surface area contributed by atoms with E-state index in [1.165, 1.54) is 5.56 Å². The van der Waals surface area contributed by atoms with Crippen LogP contribution in [0.5, 0.6) is 0 Å². The minimum atomic E-state index is -0.345. The van der Waals surface area contributed by atoms with Crippen molar-refractivity contribution in [2.75, 3.05) is 6.54 Å². The van der Waals surface area contributed by atoms with Gasteiger partial charge in [-0.2, -0.15) is 0 Å². The smallest absolute Gasteiger partial charge is 0.239 e. The molecule has 2 rings (SSSR count). The molecule has 2 unspecified atom stereocenters. The average Bonchev–Trinajstić information content (AvgIpc) is 2.94. The molecule has 19 heavy (non-hydrogen) atoms. The summed E-state index contributed by atoms with van der Waals surface area (Å²) >= 11 is 0. The molecule has 0 spiro atoms. The summed E-state index contributed by atoms with van der Waals surface area (Å²) in [6.45, 7) is 2.94. The molecule has 1 aromatic rings. The fourth-order valence-corrected chi connectivity index (χ4v) is 2.72. The molecule has 2 heterocycles. The summed E-state index contributed by atoms with van der Waals surface area (Å²) in [4.78, 5) is 18.4. The second-order valence-electron chi connectivity index (χ2n) is 5.22. The van der Waals surface area contributed by atoms with Crippen LogP contribution in [-0.2, 0) is 4.79 Å². The van der Waals surface area contributed by atoms with Crippen molar-refractivity contribution in [3.63, 3.8) is 0 Å². The number of carbonyl (C=O) groups is 1. The van der Waals surface area contributed by atoms with Crippen molar-refractivity contribution in [3.05, 3.63) is 30.1 Å². The summed E-state index contributed by atoms with van der Waals surface area (Å²) in [5.41, 5.74) is 7.19. The van der Waals surface area contributed by atoms with E-state index in [4.69, 9.17) is 5.73 Å². The Bertz CT molecular complexity index is 407. The van der Waals surface area contributed by atoms with Crippen molar-refractivity contribution in [1.29, 1.82) is 0 Å². The molecule has 2 atom stereocenters. The predicted octanol–water partition coefficient (Wildman–Crippen LogP) is 2.26. The summed E-state index contributed by atoms with van der Waals surface area (Å²) in [6.07, 6.45) is 8.53. The van der Waals surface area contributed by atoms with Gasteiger partial charge in [-0.15, -0.1) is 0 Å². The van der Waals surface area contributed by atoms with Gasteiger partial charge in [-0.3, -0.25) is 9.78 Å². The number of hydrogen-bond donors (Lipinski definition) is 1. The number of hydrogen-bond acceptors (Lipinski definition) is 3. The number of nitrogens with two attached hydrogens (primary N) is 1. The highest BCUT2D eigenvalue weighted by Crippen LogP contribution is 2.32. The highest BCUT2D eigenvalue weighted by atomic mass is 16.2. The molecule has 1 fully saturated rings. The number of likely N-dealkylation sites (tertiary alicyclic amines) is 1. The zero-order valence-electron chi connectivity index (χ0n) is 11.6. The summed E-state index contributed by atoms with van der Waals surface area (Å²) in [5, 5.41) is 0. The average molecular weight is 261 g/mol. The van der Waals surface area contributed by atoms with Crippen LogP contribution in [0.15, 0.2) is 24.5 Å². The van der Waals surface area contributed by atoms with Gasteiger partial charge >= 0.3 is 0 Å². The van der Waals surface area contributed by atoms with Gasteiger partial charge in [0.1, 0.15) is 0 Å². The molecule has 0 radical (unpaired) electrons. The quantitative estimate of drug-likeness (QED) is 0.884. The van der Waals surface area contributed by atoms with Gasteiger partial charge in [0, 0.05) is 18.9 Å². The number of aromatic nitrogens is 1. The molecular weight excluding hydrogens is 238 g/mol. The van der Waals surface area contributed by atoms with E-state index in [9.17, 15) is 4.79 Å². The van der Waals surface area contributed by atoms with Crippen molar-refractivity contribution in [2.24, 2.45) is 5.73 Å². The molecule has 0 aliphatic carbocycles. The first-order chi connectivity index (χ1) is 9.24.